The minimum Gasteiger partial charge on any atom is -0.508 e. The average molecular weight is 415 g/mol. The molecule has 1 amide bonds. The number of nitrogens with one attached hydrogen (secondary N) is 1. The summed E-state index contributed by atoms with van der Waals surface area (Å²) in [6.45, 7) is -0.289. The number of amides is 1. The van der Waals surface area contributed by atoms with Gasteiger partial charge in [-0.15, -0.1) is 11.3 Å². The minimum absolute atomic E-state index is 0.103. The first-order valence-electron chi connectivity index (χ1n) is 8.11. The molecule has 2 N–H and O–H groups in total. The van der Waals surface area contributed by atoms with E-state index in [1.807, 2.05) is 6.07 Å². The van der Waals surface area contributed by atoms with Gasteiger partial charge in [0.2, 0.25) is 5.91 Å². The highest BCUT2D eigenvalue weighted by Crippen LogP contribution is 2.34. The van der Waals surface area contributed by atoms with Gasteiger partial charge in [0, 0.05) is 7.05 Å². The van der Waals surface area contributed by atoms with Gasteiger partial charge in [-0.2, -0.15) is 4.31 Å². The number of hydrogen-bond acceptors (Lipinski definition) is 5. The zero-order valence-electron chi connectivity index (χ0n) is 14.1. The Balaban J connectivity index is 1.69. The Morgan fingerprint density at radius 3 is 2.85 bits per heavy atom. The first-order valence-corrected chi connectivity index (χ1v) is 10.7. The minimum atomic E-state index is -3.75. The van der Waals surface area contributed by atoms with Gasteiger partial charge in [-0.3, -0.25) is 4.79 Å². The SMILES string of the molecule is CN(CC(=O)NC1CCCc2c(O)cccc21)S(=O)(=O)c1ccc(Cl)s1. The summed E-state index contributed by atoms with van der Waals surface area (Å²) in [5.41, 5.74) is 1.73. The third-order valence-corrected chi connectivity index (χ3v) is 7.90. The van der Waals surface area contributed by atoms with Crippen molar-refractivity contribution < 1.29 is 18.3 Å². The van der Waals surface area contributed by atoms with Crippen molar-refractivity contribution in [2.75, 3.05) is 13.6 Å². The average Bonchev–Trinajstić information content (AvgIpc) is 3.03. The summed E-state index contributed by atoms with van der Waals surface area (Å²) in [4.78, 5) is 12.4. The fourth-order valence-electron chi connectivity index (χ4n) is 3.10. The highest BCUT2D eigenvalue weighted by atomic mass is 35.5. The third kappa shape index (κ3) is 3.88. The number of nitrogens with zero attached hydrogens (tertiary/aromatic N) is 1. The molecule has 0 aliphatic heterocycles. The number of likely N-dealkylation sites (N-methyl/N-ethyl adjacent to an activating group) is 1. The van der Waals surface area contributed by atoms with Crippen LogP contribution < -0.4 is 5.32 Å². The van der Waals surface area contributed by atoms with Crippen LogP contribution in [0.3, 0.4) is 0 Å². The van der Waals surface area contributed by atoms with Gasteiger partial charge in [0.1, 0.15) is 9.96 Å². The molecule has 3 rings (SSSR count). The zero-order chi connectivity index (χ0) is 18.9. The topological polar surface area (TPSA) is 86.7 Å². The Morgan fingerprint density at radius 1 is 1.38 bits per heavy atom. The van der Waals surface area contributed by atoms with E-state index in [0.29, 0.717) is 4.34 Å². The number of phenols is 1. The lowest BCUT2D eigenvalue weighted by molar-refractivity contribution is -0.122. The van der Waals surface area contributed by atoms with Crippen LogP contribution in [-0.4, -0.2) is 37.3 Å². The van der Waals surface area contributed by atoms with E-state index in [2.05, 4.69) is 5.32 Å². The van der Waals surface area contributed by atoms with Gasteiger partial charge in [-0.05, 0) is 48.6 Å². The van der Waals surface area contributed by atoms with E-state index in [0.717, 1.165) is 46.0 Å². The lowest BCUT2D eigenvalue weighted by atomic mass is 9.87. The highest BCUT2D eigenvalue weighted by Gasteiger charge is 2.27. The molecule has 0 radical (unpaired) electrons. The molecule has 1 heterocycles. The number of thiophene rings is 1. The first-order chi connectivity index (χ1) is 12.3. The molecule has 1 aromatic carbocycles. The molecule has 26 heavy (non-hydrogen) atoms. The summed E-state index contributed by atoms with van der Waals surface area (Å²) in [5.74, 6) is -0.157. The first kappa shape index (κ1) is 19.2. The molecule has 0 bridgehead atoms. The zero-order valence-corrected chi connectivity index (χ0v) is 16.5. The van der Waals surface area contributed by atoms with E-state index in [1.54, 1.807) is 12.1 Å². The van der Waals surface area contributed by atoms with Crippen molar-refractivity contribution >= 4 is 38.9 Å². The van der Waals surface area contributed by atoms with E-state index < -0.39 is 10.0 Å². The van der Waals surface area contributed by atoms with Gasteiger partial charge in [-0.25, -0.2) is 8.42 Å². The molecule has 1 atom stereocenters. The largest absolute Gasteiger partial charge is 0.508 e. The standard InChI is InChI=1S/C17H19ClN2O4S2/c1-20(26(23,24)17-9-8-15(18)25-17)10-16(22)19-13-6-2-5-12-11(13)4-3-7-14(12)21/h3-4,7-9,13,21H,2,5-6,10H2,1H3,(H,19,22). The number of benzene rings is 1. The summed E-state index contributed by atoms with van der Waals surface area (Å²) in [5, 5.41) is 12.9. The second-order valence-electron chi connectivity index (χ2n) is 6.18. The van der Waals surface area contributed by atoms with Crippen molar-refractivity contribution in [1.82, 2.24) is 9.62 Å². The molecule has 140 valence electrons. The molecule has 1 aliphatic carbocycles. The Labute approximate surface area is 161 Å². The molecule has 0 spiro atoms. The maximum Gasteiger partial charge on any atom is 0.252 e. The third-order valence-electron chi connectivity index (χ3n) is 4.40. The van der Waals surface area contributed by atoms with Crippen LogP contribution in [-0.2, 0) is 21.2 Å². The Morgan fingerprint density at radius 2 is 2.15 bits per heavy atom. The van der Waals surface area contributed by atoms with Crippen LogP contribution in [0.5, 0.6) is 5.75 Å². The van der Waals surface area contributed by atoms with Crippen LogP contribution >= 0.6 is 22.9 Å². The second-order valence-corrected chi connectivity index (χ2v) is 10.2. The van der Waals surface area contributed by atoms with Gasteiger partial charge < -0.3 is 10.4 Å². The molecule has 2 aromatic rings. The molecular weight excluding hydrogens is 396 g/mol. The van der Waals surface area contributed by atoms with Crippen molar-refractivity contribution in [2.45, 2.75) is 29.5 Å². The van der Waals surface area contributed by atoms with Crippen molar-refractivity contribution in [3.8, 4) is 5.75 Å². The predicted molar refractivity (Wildman–Crippen MR) is 101 cm³/mol. The smallest absolute Gasteiger partial charge is 0.252 e. The number of fused-ring (bicyclic) bond motifs is 1. The molecule has 1 aliphatic rings. The van der Waals surface area contributed by atoms with E-state index in [4.69, 9.17) is 11.6 Å². The monoisotopic (exact) mass is 414 g/mol. The number of aromatic hydroxyl groups is 1. The number of rotatable bonds is 5. The number of carbonyl (C=O) groups excluding carboxylic acids is 1. The maximum atomic E-state index is 12.5. The van der Waals surface area contributed by atoms with E-state index in [1.165, 1.54) is 19.2 Å². The number of carbonyl (C=O) groups is 1. The van der Waals surface area contributed by atoms with Gasteiger partial charge in [0.15, 0.2) is 0 Å². The number of hydrogen-bond donors (Lipinski definition) is 2. The normalized spacial score (nSPS) is 17.1. The molecule has 9 heteroatoms. The van der Waals surface area contributed by atoms with Crippen LogP contribution in [0.15, 0.2) is 34.5 Å². The summed E-state index contributed by atoms with van der Waals surface area (Å²) in [6.07, 6.45) is 2.36. The van der Waals surface area contributed by atoms with E-state index in [-0.39, 0.29) is 28.5 Å². The van der Waals surface area contributed by atoms with Crippen LogP contribution in [0.1, 0.15) is 30.0 Å². The second kappa shape index (κ2) is 7.56. The molecule has 0 fully saturated rings. The lowest BCUT2D eigenvalue weighted by Crippen LogP contribution is -2.40. The van der Waals surface area contributed by atoms with Crippen LogP contribution in [0.4, 0.5) is 0 Å². The Bertz CT molecular complexity index is 927. The molecule has 6 nitrogen and oxygen atoms in total. The fraction of sp³-hybridized carbons (Fsp3) is 0.353. The van der Waals surface area contributed by atoms with Crippen molar-refractivity contribution in [1.29, 1.82) is 0 Å². The van der Waals surface area contributed by atoms with Gasteiger partial charge in [0.05, 0.1) is 16.9 Å². The van der Waals surface area contributed by atoms with Gasteiger partial charge in [-0.1, -0.05) is 23.7 Å². The number of sulfonamides is 1. The molecule has 1 aromatic heterocycles. The quantitative estimate of drug-likeness (QED) is 0.787. The van der Waals surface area contributed by atoms with E-state index in [9.17, 15) is 18.3 Å². The predicted octanol–water partition coefficient (Wildman–Crippen LogP) is 2.92. The fourth-order valence-corrected chi connectivity index (χ4v) is 5.92. The van der Waals surface area contributed by atoms with Crippen molar-refractivity contribution in [2.24, 2.45) is 0 Å². The van der Waals surface area contributed by atoms with Gasteiger partial charge >= 0.3 is 0 Å². The van der Waals surface area contributed by atoms with Crippen LogP contribution in [0.25, 0.3) is 0 Å². The molecule has 1 unspecified atom stereocenters. The summed E-state index contributed by atoms with van der Waals surface area (Å²) in [7, 11) is -2.39. The summed E-state index contributed by atoms with van der Waals surface area (Å²) in [6, 6.07) is 7.97. The Hall–Kier alpha value is -1.61. The maximum absolute atomic E-state index is 12.5. The molecular formula is C17H19ClN2O4S2. The van der Waals surface area contributed by atoms with Crippen molar-refractivity contribution in [3.63, 3.8) is 0 Å². The summed E-state index contributed by atoms with van der Waals surface area (Å²) < 4.78 is 26.4. The van der Waals surface area contributed by atoms with Crippen LogP contribution in [0, 0.1) is 0 Å². The van der Waals surface area contributed by atoms with E-state index >= 15 is 0 Å². The lowest BCUT2D eigenvalue weighted by Gasteiger charge is -2.27. The number of halogens is 1. The Kier molecular flexibility index (Phi) is 5.57. The number of phenolic OH excluding ortho intramolecular Hbond substituents is 1. The highest BCUT2D eigenvalue weighted by molar-refractivity contribution is 7.91. The summed E-state index contributed by atoms with van der Waals surface area (Å²) >= 11 is 6.76. The van der Waals surface area contributed by atoms with Crippen molar-refractivity contribution in [3.05, 3.63) is 45.8 Å². The molecule has 0 saturated heterocycles. The molecule has 0 saturated carbocycles. The van der Waals surface area contributed by atoms with Gasteiger partial charge in [0.25, 0.3) is 10.0 Å². The van der Waals surface area contributed by atoms with Crippen LogP contribution in [0.2, 0.25) is 4.34 Å².